The summed E-state index contributed by atoms with van der Waals surface area (Å²) >= 11 is 0. The number of hydrogen-bond donors (Lipinski definition) is 0. The van der Waals surface area contributed by atoms with Crippen LogP contribution in [-0.4, -0.2) is 108 Å². The van der Waals surface area contributed by atoms with Crippen molar-refractivity contribution in [2.24, 2.45) is 0 Å². The first-order chi connectivity index (χ1) is 0. The molecule has 0 aliphatic rings. The predicted octanol–water partition coefficient (Wildman–Crippen LogP) is -1.15. The standard InChI is InChI=1S/Ca.K.Li.Ti.Zr. The van der Waals surface area contributed by atoms with Crippen LogP contribution < -0.4 is 0 Å². The van der Waals surface area contributed by atoms with E-state index in [0.29, 0.717) is 0 Å². The first kappa shape index (κ1) is 32.2. The van der Waals surface area contributed by atoms with Crippen LogP contribution in [0.3, 0.4) is 0 Å². The van der Waals surface area contributed by atoms with E-state index in [1.165, 1.54) is 0 Å². The molecule has 5 heteroatoms. The van der Waals surface area contributed by atoms with E-state index in [0.717, 1.165) is 0 Å². The molecule has 0 aliphatic carbocycles. The summed E-state index contributed by atoms with van der Waals surface area (Å²) in [4.78, 5) is 0. The minimum Gasteiger partial charge on any atom is 0 e. The summed E-state index contributed by atoms with van der Waals surface area (Å²) in [6.07, 6.45) is 0. The van der Waals surface area contributed by atoms with E-state index in [-0.39, 0.29) is 156 Å². The SMILES string of the molecule is [Ca].[K].[Li].[Ti].[Zr]. The Morgan fingerprint density at radius 1 is 1.00 bits per heavy atom. The average molecular weight is 225 g/mol. The molecule has 0 aliphatic heterocycles. The van der Waals surface area contributed by atoms with Crippen molar-refractivity contribution in [2.75, 3.05) is 0 Å². The van der Waals surface area contributed by atoms with Crippen molar-refractivity contribution in [2.45, 2.75) is 0 Å². The van der Waals surface area contributed by atoms with Crippen molar-refractivity contribution in [3.63, 3.8) is 0 Å². The van der Waals surface area contributed by atoms with Crippen molar-refractivity contribution < 1.29 is 47.9 Å². The maximum Gasteiger partial charge on any atom is 0 e. The maximum absolute atomic E-state index is 0. The van der Waals surface area contributed by atoms with Gasteiger partial charge in [-0.2, -0.15) is 0 Å². The van der Waals surface area contributed by atoms with Gasteiger partial charge in [-0.1, -0.05) is 0 Å². The smallest absolute Gasteiger partial charge is 0 e. The van der Waals surface area contributed by atoms with Gasteiger partial charge in [-0.05, 0) is 0 Å². The molecule has 0 bridgehead atoms. The first-order valence-electron chi connectivity index (χ1n) is 0. The Balaban J connectivity index is 0. The second kappa shape index (κ2) is 23.0. The molecule has 0 heterocycles. The van der Waals surface area contributed by atoms with Crippen molar-refractivity contribution in [1.82, 2.24) is 0 Å². The fourth-order valence-corrected chi connectivity index (χ4v) is 0. The quantitative estimate of drug-likeness (QED) is 0.457. The van der Waals surface area contributed by atoms with Gasteiger partial charge in [0.05, 0.1) is 0 Å². The predicted molar refractivity (Wildman–Crippen MR) is 17.3 cm³/mol. The zero-order valence-electron chi connectivity index (χ0n) is 3.71. The fourth-order valence-electron chi connectivity index (χ4n) is 0. The molecule has 4 radical (unpaired) electrons. The van der Waals surface area contributed by atoms with Gasteiger partial charge in [0.25, 0.3) is 0 Å². The molecule has 0 N–H and O–H groups in total. The molecule has 0 amide bonds. The van der Waals surface area contributed by atoms with Crippen LogP contribution in [0.15, 0.2) is 0 Å². The second-order valence-corrected chi connectivity index (χ2v) is 0. The van der Waals surface area contributed by atoms with Gasteiger partial charge >= 0.3 is 0 Å². The Bertz CT molecular complexity index is 11.6. The topological polar surface area (TPSA) is 0 Å². The third kappa shape index (κ3) is 17.6. The summed E-state index contributed by atoms with van der Waals surface area (Å²) in [7, 11) is 0. The summed E-state index contributed by atoms with van der Waals surface area (Å²) in [6, 6.07) is 0. The summed E-state index contributed by atoms with van der Waals surface area (Å²) in [5, 5.41) is 0. The second-order valence-electron chi connectivity index (χ2n) is 0. The Kier molecular flexibility index (Phi) is 148. The Hall–Kier alpha value is 5.09. The molecule has 5 heavy (non-hydrogen) atoms. The van der Waals surface area contributed by atoms with Gasteiger partial charge in [0, 0.05) is 156 Å². The van der Waals surface area contributed by atoms with Gasteiger partial charge in [0.1, 0.15) is 0 Å². The summed E-state index contributed by atoms with van der Waals surface area (Å²) < 4.78 is 0. The van der Waals surface area contributed by atoms with Gasteiger partial charge in [-0.3, -0.25) is 0 Å². The largest absolute Gasteiger partial charge is 0 e. The first-order valence-corrected chi connectivity index (χ1v) is 0. The van der Waals surface area contributed by atoms with Crippen LogP contribution in [0, 0.1) is 0 Å². The minimum absolute atomic E-state index is 0. The van der Waals surface area contributed by atoms with E-state index in [2.05, 4.69) is 0 Å². The zero-order chi connectivity index (χ0) is 0. The van der Waals surface area contributed by atoms with Crippen LogP contribution >= 0.6 is 0 Å². The Morgan fingerprint density at radius 3 is 1.00 bits per heavy atom. The minimum atomic E-state index is 0. The van der Waals surface area contributed by atoms with Gasteiger partial charge in [0.15, 0.2) is 0 Å². The molecular formula is CaKLiTiZr. The van der Waals surface area contributed by atoms with Crippen molar-refractivity contribution in [3.8, 4) is 0 Å². The molecule has 0 spiro atoms. The molecule has 0 nitrogen and oxygen atoms in total. The molecule has 0 aromatic carbocycles. The average Bonchev–Trinajstić information content (AvgIpc) is 0. The summed E-state index contributed by atoms with van der Waals surface area (Å²) in [6.45, 7) is 0. The van der Waals surface area contributed by atoms with E-state index in [1.807, 2.05) is 0 Å². The van der Waals surface area contributed by atoms with Crippen molar-refractivity contribution in [1.29, 1.82) is 0 Å². The van der Waals surface area contributed by atoms with Gasteiger partial charge in [-0.15, -0.1) is 0 Å². The van der Waals surface area contributed by atoms with E-state index in [9.17, 15) is 0 Å². The molecule has 0 aromatic heterocycles. The van der Waals surface area contributed by atoms with Crippen molar-refractivity contribution >= 4 is 108 Å². The van der Waals surface area contributed by atoms with Crippen LogP contribution in [0.2, 0.25) is 0 Å². The Morgan fingerprint density at radius 2 is 1.00 bits per heavy atom. The summed E-state index contributed by atoms with van der Waals surface area (Å²) in [5.41, 5.74) is 0. The zero-order valence-corrected chi connectivity index (χ0v) is 13.1. The van der Waals surface area contributed by atoms with Crippen LogP contribution in [0.4, 0.5) is 0 Å². The molecular weight excluding hydrogens is 225 g/mol. The molecule has 12 valence electrons. The van der Waals surface area contributed by atoms with Gasteiger partial charge < -0.3 is 0 Å². The van der Waals surface area contributed by atoms with Crippen LogP contribution in [0.25, 0.3) is 0 Å². The van der Waals surface area contributed by atoms with Crippen LogP contribution in [0.1, 0.15) is 0 Å². The summed E-state index contributed by atoms with van der Waals surface area (Å²) in [5.74, 6) is 0. The van der Waals surface area contributed by atoms with Crippen molar-refractivity contribution in [3.05, 3.63) is 0 Å². The number of rotatable bonds is 0. The molecule has 0 fully saturated rings. The van der Waals surface area contributed by atoms with E-state index in [1.54, 1.807) is 0 Å². The number of hydrogen-bond acceptors (Lipinski definition) is 0. The van der Waals surface area contributed by atoms with Gasteiger partial charge in [0.2, 0.25) is 0 Å². The van der Waals surface area contributed by atoms with Crippen LogP contribution in [0.5, 0.6) is 0 Å². The van der Waals surface area contributed by atoms with Gasteiger partial charge in [-0.25, -0.2) is 0 Å². The normalized spacial score (nSPS) is 0. The molecule has 0 saturated carbocycles. The monoisotopic (exact) mass is 224 g/mol. The van der Waals surface area contributed by atoms with E-state index < -0.39 is 0 Å². The third-order valence-electron chi connectivity index (χ3n) is 0. The van der Waals surface area contributed by atoms with E-state index >= 15 is 0 Å². The Labute approximate surface area is 151 Å². The molecule has 0 rings (SSSR count). The van der Waals surface area contributed by atoms with Crippen LogP contribution in [-0.2, 0) is 47.9 Å². The maximum atomic E-state index is 0. The molecule has 0 saturated heterocycles. The van der Waals surface area contributed by atoms with E-state index in [4.69, 9.17) is 0 Å². The molecule has 0 unspecified atom stereocenters. The fraction of sp³-hybridized carbons (Fsp3) is 0. The molecule has 0 atom stereocenters. The molecule has 0 aromatic rings. The third-order valence-corrected chi connectivity index (χ3v) is 0.